The number of nitrogens with zero attached hydrogens (tertiary/aromatic N) is 1. The molecule has 10 heteroatoms. The topological polar surface area (TPSA) is 105 Å². The highest BCUT2D eigenvalue weighted by Gasteiger charge is 2.23. The van der Waals surface area contributed by atoms with Crippen LogP contribution in [0.15, 0.2) is 53.4 Å². The van der Waals surface area contributed by atoms with Crippen LogP contribution in [0.1, 0.15) is 6.42 Å². The number of hydrogen-bond donors (Lipinski definition) is 2. The first-order chi connectivity index (χ1) is 13.4. The van der Waals surface area contributed by atoms with Crippen molar-refractivity contribution in [1.29, 1.82) is 0 Å². The van der Waals surface area contributed by atoms with Gasteiger partial charge >= 0.3 is 6.09 Å². The van der Waals surface area contributed by atoms with Crippen molar-refractivity contribution in [2.45, 2.75) is 11.3 Å². The van der Waals surface area contributed by atoms with Crippen molar-refractivity contribution in [2.24, 2.45) is 0 Å². The molecule has 1 fully saturated rings. The van der Waals surface area contributed by atoms with Gasteiger partial charge in [-0.2, -0.15) is 0 Å². The van der Waals surface area contributed by atoms with E-state index >= 15 is 0 Å². The molecule has 1 saturated heterocycles. The summed E-state index contributed by atoms with van der Waals surface area (Å²) in [5, 5.41) is 2.79. The maximum atomic E-state index is 12.2. The zero-order chi connectivity index (χ0) is 20.1. The quantitative estimate of drug-likeness (QED) is 0.712. The summed E-state index contributed by atoms with van der Waals surface area (Å²) in [5.74, 6) is -0.372. The lowest BCUT2D eigenvalue weighted by Gasteiger charge is -2.14. The lowest BCUT2D eigenvalue weighted by Crippen LogP contribution is -2.28. The maximum Gasteiger partial charge on any atom is 0.414 e. The molecule has 8 nitrogen and oxygen atoms in total. The van der Waals surface area contributed by atoms with E-state index in [0.717, 1.165) is 0 Å². The SMILES string of the molecule is O=C(CCNS(=O)(=O)c1ccccc1Cl)Nc1cccc(N2CCOC2=O)c1. The highest BCUT2D eigenvalue weighted by Crippen LogP contribution is 2.23. The molecule has 3 rings (SSSR count). The molecule has 0 aromatic heterocycles. The van der Waals surface area contributed by atoms with Crippen LogP contribution in [0.5, 0.6) is 0 Å². The van der Waals surface area contributed by atoms with Crippen LogP contribution in [0.25, 0.3) is 0 Å². The van der Waals surface area contributed by atoms with Crippen LogP contribution in [-0.2, 0) is 19.6 Å². The van der Waals surface area contributed by atoms with Crippen LogP contribution >= 0.6 is 11.6 Å². The molecule has 0 aliphatic carbocycles. The van der Waals surface area contributed by atoms with Gasteiger partial charge in [0.05, 0.1) is 11.6 Å². The van der Waals surface area contributed by atoms with Crippen molar-refractivity contribution in [3.63, 3.8) is 0 Å². The number of carbonyl (C=O) groups is 2. The average Bonchev–Trinajstić information content (AvgIpc) is 3.08. The van der Waals surface area contributed by atoms with Gasteiger partial charge in [-0.15, -0.1) is 0 Å². The fraction of sp³-hybridized carbons (Fsp3) is 0.222. The van der Waals surface area contributed by atoms with Crippen molar-refractivity contribution in [3.8, 4) is 0 Å². The summed E-state index contributed by atoms with van der Waals surface area (Å²) in [4.78, 5) is 25.2. The number of hydrogen-bond acceptors (Lipinski definition) is 5. The molecule has 0 atom stereocenters. The number of cyclic esters (lactones) is 1. The van der Waals surface area contributed by atoms with Crippen molar-refractivity contribution < 1.29 is 22.7 Å². The first kappa shape index (κ1) is 20.1. The number of amides is 2. The third-order valence-electron chi connectivity index (χ3n) is 3.97. The van der Waals surface area contributed by atoms with Crippen molar-refractivity contribution >= 4 is 45.0 Å². The third kappa shape index (κ3) is 4.80. The number of anilines is 2. The molecule has 2 aromatic rings. The van der Waals surface area contributed by atoms with Gasteiger partial charge in [-0.3, -0.25) is 9.69 Å². The molecule has 0 saturated carbocycles. The number of sulfonamides is 1. The van der Waals surface area contributed by atoms with E-state index < -0.39 is 16.1 Å². The van der Waals surface area contributed by atoms with Gasteiger partial charge in [-0.05, 0) is 30.3 Å². The van der Waals surface area contributed by atoms with E-state index in [-0.39, 0.29) is 28.8 Å². The fourth-order valence-corrected chi connectivity index (χ4v) is 4.19. The Hall–Kier alpha value is -2.62. The normalized spacial score (nSPS) is 14.0. The second-order valence-corrected chi connectivity index (χ2v) is 8.09. The van der Waals surface area contributed by atoms with E-state index in [4.69, 9.17) is 16.3 Å². The molecule has 148 valence electrons. The summed E-state index contributed by atoms with van der Waals surface area (Å²) in [5.41, 5.74) is 1.11. The Morgan fingerprint density at radius 2 is 1.96 bits per heavy atom. The van der Waals surface area contributed by atoms with Gasteiger partial charge in [-0.25, -0.2) is 17.9 Å². The molecule has 0 bridgehead atoms. The van der Waals surface area contributed by atoms with Gasteiger partial charge < -0.3 is 10.1 Å². The van der Waals surface area contributed by atoms with Gasteiger partial charge in [0.2, 0.25) is 15.9 Å². The Balaban J connectivity index is 1.55. The number of carbonyl (C=O) groups excluding carboxylic acids is 2. The Morgan fingerprint density at radius 1 is 1.18 bits per heavy atom. The molecule has 1 aliphatic rings. The summed E-state index contributed by atoms with van der Waals surface area (Å²) in [6.45, 7) is 0.679. The highest BCUT2D eigenvalue weighted by molar-refractivity contribution is 7.89. The van der Waals surface area contributed by atoms with Gasteiger partial charge in [0.1, 0.15) is 11.5 Å². The minimum Gasteiger partial charge on any atom is -0.447 e. The molecule has 2 amide bonds. The Morgan fingerprint density at radius 3 is 2.68 bits per heavy atom. The van der Waals surface area contributed by atoms with E-state index in [1.54, 1.807) is 36.4 Å². The second-order valence-electron chi connectivity index (χ2n) is 5.94. The van der Waals surface area contributed by atoms with Crippen LogP contribution in [0.3, 0.4) is 0 Å². The summed E-state index contributed by atoms with van der Waals surface area (Å²) in [6, 6.07) is 12.8. The number of nitrogens with one attached hydrogen (secondary N) is 2. The van der Waals surface area contributed by atoms with Crippen LogP contribution in [0, 0.1) is 0 Å². The van der Waals surface area contributed by atoms with Crippen molar-refractivity contribution in [1.82, 2.24) is 4.72 Å². The second kappa shape index (κ2) is 8.59. The van der Waals surface area contributed by atoms with E-state index in [2.05, 4.69) is 10.0 Å². The molecule has 0 radical (unpaired) electrons. The van der Waals surface area contributed by atoms with E-state index in [0.29, 0.717) is 24.5 Å². The summed E-state index contributed by atoms with van der Waals surface area (Å²) in [6.07, 6.45) is -0.503. The van der Waals surface area contributed by atoms with E-state index in [1.807, 2.05) is 0 Å². The maximum absolute atomic E-state index is 12.2. The Labute approximate surface area is 167 Å². The van der Waals surface area contributed by atoms with Crippen molar-refractivity contribution in [3.05, 3.63) is 53.6 Å². The first-order valence-electron chi connectivity index (χ1n) is 8.45. The predicted molar refractivity (Wildman–Crippen MR) is 105 cm³/mol. The third-order valence-corrected chi connectivity index (χ3v) is 5.93. The highest BCUT2D eigenvalue weighted by atomic mass is 35.5. The molecule has 28 heavy (non-hydrogen) atoms. The molecule has 2 N–H and O–H groups in total. The van der Waals surface area contributed by atoms with Crippen LogP contribution in [0.4, 0.5) is 16.2 Å². The van der Waals surface area contributed by atoms with E-state index in [9.17, 15) is 18.0 Å². The molecular weight excluding hydrogens is 406 g/mol. The molecule has 2 aromatic carbocycles. The van der Waals surface area contributed by atoms with Crippen molar-refractivity contribution in [2.75, 3.05) is 29.9 Å². The van der Waals surface area contributed by atoms with Crippen LogP contribution < -0.4 is 14.9 Å². The number of rotatable bonds is 7. The number of benzene rings is 2. The fourth-order valence-electron chi connectivity index (χ4n) is 2.64. The molecule has 1 aliphatic heterocycles. The number of halogens is 1. The Bertz CT molecular complexity index is 996. The Kier molecular flexibility index (Phi) is 6.18. The lowest BCUT2D eigenvalue weighted by molar-refractivity contribution is -0.116. The standard InChI is InChI=1S/C18H18ClN3O5S/c19-15-6-1-2-7-16(15)28(25,26)20-9-8-17(23)21-13-4-3-5-14(12-13)22-10-11-27-18(22)24/h1-7,12,20H,8-11H2,(H,21,23). The largest absolute Gasteiger partial charge is 0.447 e. The molecule has 0 unspecified atom stereocenters. The van der Waals surface area contributed by atoms with Gasteiger partial charge in [0, 0.05) is 24.3 Å². The molecule has 0 spiro atoms. The zero-order valence-electron chi connectivity index (χ0n) is 14.7. The molecular formula is C18H18ClN3O5S. The van der Waals surface area contributed by atoms with E-state index in [1.165, 1.54) is 17.0 Å². The average molecular weight is 424 g/mol. The van der Waals surface area contributed by atoms with Crippen LogP contribution in [-0.4, -0.2) is 40.1 Å². The summed E-state index contributed by atoms with van der Waals surface area (Å²) < 4.78 is 31.7. The zero-order valence-corrected chi connectivity index (χ0v) is 16.3. The predicted octanol–water partition coefficient (Wildman–Crippen LogP) is 2.60. The van der Waals surface area contributed by atoms with Gasteiger partial charge in [0.15, 0.2) is 0 Å². The van der Waals surface area contributed by atoms with Gasteiger partial charge in [0.25, 0.3) is 0 Å². The minimum absolute atomic E-state index is 0.0396. The minimum atomic E-state index is -3.80. The smallest absolute Gasteiger partial charge is 0.414 e. The molecule has 1 heterocycles. The summed E-state index contributed by atoms with van der Waals surface area (Å²) >= 11 is 5.90. The lowest BCUT2D eigenvalue weighted by atomic mass is 10.2. The summed E-state index contributed by atoms with van der Waals surface area (Å²) in [7, 11) is -3.80. The number of ether oxygens (including phenoxy) is 1. The monoisotopic (exact) mass is 423 g/mol. The van der Waals surface area contributed by atoms with Gasteiger partial charge in [-0.1, -0.05) is 29.8 Å². The van der Waals surface area contributed by atoms with Crippen LogP contribution in [0.2, 0.25) is 5.02 Å². The first-order valence-corrected chi connectivity index (χ1v) is 10.3.